The van der Waals surface area contributed by atoms with Crippen molar-refractivity contribution in [2.45, 2.75) is 19.1 Å². The fourth-order valence-electron chi connectivity index (χ4n) is 4.04. The van der Waals surface area contributed by atoms with Crippen LogP contribution in [0, 0.1) is 23.7 Å². The van der Waals surface area contributed by atoms with Gasteiger partial charge in [-0.25, -0.2) is 4.98 Å². The van der Waals surface area contributed by atoms with E-state index in [1.807, 2.05) is 24.1 Å². The first-order valence-electron chi connectivity index (χ1n) is 11.2. The Morgan fingerprint density at radius 1 is 1.22 bits per heavy atom. The van der Waals surface area contributed by atoms with Crippen LogP contribution in [-0.2, 0) is 11.0 Å². The first kappa shape index (κ1) is 23.4. The quantitative estimate of drug-likeness (QED) is 0.655. The molecule has 0 fully saturated rings. The van der Waals surface area contributed by atoms with Crippen molar-refractivity contribution < 1.29 is 18.0 Å². The lowest BCUT2D eigenvalue weighted by Gasteiger charge is -2.21. The number of nitrogens with one attached hydrogen (secondary N) is 1. The molecule has 1 N–H and O–H groups in total. The van der Waals surface area contributed by atoms with Crippen molar-refractivity contribution >= 4 is 23.6 Å². The van der Waals surface area contributed by atoms with E-state index in [0.717, 1.165) is 18.0 Å². The number of hydrogen-bond acceptors (Lipinski definition) is 5. The highest BCUT2D eigenvalue weighted by molar-refractivity contribution is 6.31. The van der Waals surface area contributed by atoms with Gasteiger partial charge in [0.2, 0.25) is 0 Å². The number of allylic oxidation sites excluding steroid dienone is 2. The number of fused-ring (bicyclic) bond motifs is 1. The topological polar surface area (TPSA) is 74.9 Å². The van der Waals surface area contributed by atoms with Crippen molar-refractivity contribution in [3.8, 4) is 17.5 Å². The largest absolute Gasteiger partial charge is 0.416 e. The summed E-state index contributed by atoms with van der Waals surface area (Å²) in [7, 11) is 0. The number of imidazole rings is 1. The van der Waals surface area contributed by atoms with Crippen molar-refractivity contribution in [2.24, 2.45) is 21.8 Å². The van der Waals surface area contributed by atoms with Crippen molar-refractivity contribution in [1.29, 1.82) is 0 Å². The summed E-state index contributed by atoms with van der Waals surface area (Å²) in [6, 6.07) is 3.28. The smallest absolute Gasteiger partial charge is 0.322 e. The third-order valence-electron chi connectivity index (χ3n) is 6.02. The minimum atomic E-state index is -4.57. The maximum Gasteiger partial charge on any atom is 0.416 e. The number of alkyl halides is 3. The van der Waals surface area contributed by atoms with E-state index in [-0.39, 0.29) is 29.3 Å². The lowest BCUT2D eigenvalue weighted by molar-refractivity contribution is -0.137. The van der Waals surface area contributed by atoms with Crippen LogP contribution in [0.3, 0.4) is 0 Å². The molecule has 0 radical (unpaired) electrons. The minimum absolute atomic E-state index is 0.0308. The average molecular weight is 490 g/mol. The second-order valence-electron chi connectivity index (χ2n) is 8.54. The molecule has 0 spiro atoms. The summed E-state index contributed by atoms with van der Waals surface area (Å²) in [6.07, 6.45) is 10.3. The summed E-state index contributed by atoms with van der Waals surface area (Å²) in [4.78, 5) is 27.3. The highest BCUT2D eigenvalue weighted by Gasteiger charge is 2.32. The second-order valence-corrected chi connectivity index (χ2v) is 8.54. The number of carbonyl (C=O) groups excluding carboxylic acids is 1. The molecule has 1 aromatic carbocycles. The van der Waals surface area contributed by atoms with Gasteiger partial charge in [-0.15, -0.1) is 0 Å². The summed E-state index contributed by atoms with van der Waals surface area (Å²) in [6.45, 7) is 2.52. The number of halogens is 3. The molecule has 0 saturated heterocycles. The molecule has 1 aliphatic carbocycles. The third-order valence-corrected chi connectivity index (χ3v) is 6.02. The zero-order valence-electron chi connectivity index (χ0n) is 19.1. The Hall–Kier alpha value is -4.39. The Kier molecular flexibility index (Phi) is 6.06. The lowest BCUT2D eigenvalue weighted by Crippen LogP contribution is -2.32. The molecule has 7 nitrogen and oxygen atoms in total. The number of carbonyl (C=O) groups is 1. The Labute approximate surface area is 205 Å². The fraction of sp³-hybridized carbons (Fsp3) is 0.231. The van der Waals surface area contributed by atoms with Crippen LogP contribution < -0.4 is 5.32 Å². The van der Waals surface area contributed by atoms with E-state index in [2.05, 4.69) is 32.1 Å². The fourth-order valence-corrected chi connectivity index (χ4v) is 4.04. The molecule has 3 aliphatic rings. The van der Waals surface area contributed by atoms with Gasteiger partial charge in [0.05, 0.1) is 24.7 Å². The number of benzene rings is 1. The average Bonchev–Trinajstić information content (AvgIpc) is 3.53. The first-order valence-corrected chi connectivity index (χ1v) is 11.2. The summed E-state index contributed by atoms with van der Waals surface area (Å²) in [5, 5.41) is 2.61. The zero-order chi connectivity index (χ0) is 25.3. The van der Waals surface area contributed by atoms with Gasteiger partial charge < -0.3 is 14.8 Å². The molecule has 2 aliphatic heterocycles. The van der Waals surface area contributed by atoms with Gasteiger partial charge in [0.15, 0.2) is 0 Å². The Morgan fingerprint density at radius 3 is 2.86 bits per heavy atom. The number of hydrogen-bond donors (Lipinski definition) is 1. The van der Waals surface area contributed by atoms with E-state index in [1.165, 1.54) is 29.4 Å². The number of amidine groups is 1. The molecule has 3 unspecified atom stereocenters. The predicted octanol–water partition coefficient (Wildman–Crippen LogP) is 4.22. The Bertz CT molecular complexity index is 1390. The summed E-state index contributed by atoms with van der Waals surface area (Å²) in [5.74, 6) is 6.57. The highest BCUT2D eigenvalue weighted by atomic mass is 19.4. The molecule has 5 rings (SSSR count). The zero-order valence-corrected chi connectivity index (χ0v) is 19.1. The van der Waals surface area contributed by atoms with Crippen molar-refractivity contribution in [2.75, 3.05) is 11.9 Å². The van der Waals surface area contributed by atoms with Gasteiger partial charge in [-0.05, 0) is 24.1 Å². The van der Waals surface area contributed by atoms with E-state index in [4.69, 9.17) is 0 Å². The number of aliphatic imine (C=N–C) groups is 2. The minimum Gasteiger partial charge on any atom is -0.322 e. The van der Waals surface area contributed by atoms with Gasteiger partial charge in [-0.1, -0.05) is 37.0 Å². The maximum absolute atomic E-state index is 13.5. The normalized spacial score (nSPS) is 22.4. The van der Waals surface area contributed by atoms with Crippen LogP contribution in [0.4, 0.5) is 18.9 Å². The number of rotatable bonds is 3. The SMILES string of the molecule is CC1C=CC(C(=O)Nc2cc(-n3ccnc3)cc(C(F)(F)F)c2)=CC1C#CC1CN=C2C=NC=CN21. The van der Waals surface area contributed by atoms with Crippen molar-refractivity contribution in [3.05, 3.63) is 78.7 Å². The molecule has 1 amide bonds. The molecule has 182 valence electrons. The van der Waals surface area contributed by atoms with Crippen LogP contribution in [0.25, 0.3) is 5.69 Å². The van der Waals surface area contributed by atoms with Crippen LogP contribution in [0.5, 0.6) is 0 Å². The van der Waals surface area contributed by atoms with E-state index < -0.39 is 17.6 Å². The molecule has 0 bridgehead atoms. The molecule has 1 aromatic heterocycles. The van der Waals surface area contributed by atoms with Gasteiger partial charge in [-0.2, -0.15) is 13.2 Å². The third kappa shape index (κ3) is 4.86. The van der Waals surface area contributed by atoms with Gasteiger partial charge in [-0.3, -0.25) is 14.8 Å². The molecule has 3 atom stereocenters. The summed E-state index contributed by atoms with van der Waals surface area (Å²) < 4.78 is 41.9. The first-order chi connectivity index (χ1) is 17.3. The summed E-state index contributed by atoms with van der Waals surface area (Å²) in [5.41, 5.74) is -0.270. The molecule has 0 saturated carbocycles. The lowest BCUT2D eigenvalue weighted by atomic mass is 9.87. The Morgan fingerprint density at radius 2 is 2.08 bits per heavy atom. The van der Waals surface area contributed by atoms with Crippen LogP contribution >= 0.6 is 0 Å². The predicted molar refractivity (Wildman–Crippen MR) is 130 cm³/mol. The van der Waals surface area contributed by atoms with Gasteiger partial charge in [0.25, 0.3) is 5.91 Å². The molecule has 10 heteroatoms. The number of amides is 1. The Balaban J connectivity index is 1.35. The van der Waals surface area contributed by atoms with Gasteiger partial charge >= 0.3 is 6.18 Å². The molecule has 3 heterocycles. The van der Waals surface area contributed by atoms with E-state index in [0.29, 0.717) is 12.1 Å². The van der Waals surface area contributed by atoms with E-state index in [1.54, 1.807) is 24.6 Å². The van der Waals surface area contributed by atoms with E-state index >= 15 is 0 Å². The monoisotopic (exact) mass is 490 g/mol. The number of nitrogens with zero attached hydrogens (tertiary/aromatic N) is 5. The number of anilines is 1. The molecule has 2 aromatic rings. The van der Waals surface area contributed by atoms with Crippen LogP contribution in [0.2, 0.25) is 0 Å². The molecular weight excluding hydrogens is 469 g/mol. The van der Waals surface area contributed by atoms with Crippen LogP contribution in [-0.4, -0.2) is 45.0 Å². The van der Waals surface area contributed by atoms with Gasteiger partial charge in [0, 0.05) is 47.7 Å². The number of aromatic nitrogens is 2. The van der Waals surface area contributed by atoms with Crippen molar-refractivity contribution in [3.63, 3.8) is 0 Å². The van der Waals surface area contributed by atoms with Crippen LogP contribution in [0.1, 0.15) is 12.5 Å². The van der Waals surface area contributed by atoms with Gasteiger partial charge in [0.1, 0.15) is 11.9 Å². The van der Waals surface area contributed by atoms with Crippen molar-refractivity contribution in [1.82, 2.24) is 14.5 Å². The summed E-state index contributed by atoms with van der Waals surface area (Å²) >= 11 is 0. The second kappa shape index (κ2) is 9.34. The van der Waals surface area contributed by atoms with Crippen LogP contribution in [0.15, 0.2) is 83.1 Å². The highest BCUT2D eigenvalue weighted by Crippen LogP contribution is 2.33. The molecular formula is C26H21F3N6O. The van der Waals surface area contributed by atoms with E-state index in [9.17, 15) is 18.0 Å². The standard InChI is InChI=1S/C26H21F3N6O/c1-17-2-3-19(10-18(17)4-5-22-14-32-24-15-30-7-9-35(22)24)25(36)33-21-11-20(26(27,28)29)12-23(13-21)34-8-6-31-16-34/h2-3,6-13,15-18,22H,14H2,1H3,(H,33,36). The maximum atomic E-state index is 13.5. The molecule has 36 heavy (non-hydrogen) atoms.